The maximum atomic E-state index is 13.2. The lowest BCUT2D eigenvalue weighted by Gasteiger charge is -2.08. The van der Waals surface area contributed by atoms with E-state index in [0.717, 1.165) is 0 Å². The highest BCUT2D eigenvalue weighted by molar-refractivity contribution is 7.92. The molecule has 16 heavy (non-hydrogen) atoms. The molecule has 0 saturated heterocycles. The fraction of sp³-hybridized carbons (Fsp3) is 0.400. The van der Waals surface area contributed by atoms with Crippen molar-refractivity contribution in [2.45, 2.75) is 6.92 Å². The number of hydrogen-bond donors (Lipinski definition) is 2. The number of halogens is 1. The first-order valence-electron chi connectivity index (χ1n) is 5.01. The predicted molar refractivity (Wildman–Crippen MR) is 62.4 cm³/mol. The van der Waals surface area contributed by atoms with Crippen molar-refractivity contribution in [3.8, 4) is 0 Å². The van der Waals surface area contributed by atoms with Crippen LogP contribution in [0.1, 0.15) is 6.92 Å². The summed E-state index contributed by atoms with van der Waals surface area (Å²) in [5, 5.41) is 2.89. The number of sulfonamides is 1. The van der Waals surface area contributed by atoms with Crippen molar-refractivity contribution >= 4 is 15.7 Å². The standard InChI is InChI=1S/C10H15FN2O2S/c1-2-12-7-8-16(14,15)13-10-6-4-3-5-9(10)11/h3-6,12-13H,2,7-8H2,1H3. The Balaban J connectivity index is 2.63. The lowest BCUT2D eigenvalue weighted by atomic mass is 10.3. The van der Waals surface area contributed by atoms with Crippen LogP contribution in [0.5, 0.6) is 0 Å². The molecule has 0 atom stereocenters. The van der Waals surface area contributed by atoms with E-state index < -0.39 is 15.8 Å². The molecule has 0 saturated carbocycles. The Morgan fingerprint density at radius 2 is 2.00 bits per heavy atom. The Hall–Kier alpha value is -1.14. The molecule has 0 spiro atoms. The van der Waals surface area contributed by atoms with Crippen molar-refractivity contribution in [1.82, 2.24) is 5.32 Å². The van der Waals surface area contributed by atoms with Gasteiger partial charge in [0.15, 0.2) is 0 Å². The number of benzene rings is 1. The van der Waals surface area contributed by atoms with Crippen LogP contribution in [0, 0.1) is 5.82 Å². The molecule has 0 fully saturated rings. The third kappa shape index (κ3) is 4.16. The number of rotatable bonds is 6. The maximum Gasteiger partial charge on any atom is 0.234 e. The molecule has 0 heterocycles. The van der Waals surface area contributed by atoms with Crippen molar-refractivity contribution in [2.75, 3.05) is 23.6 Å². The van der Waals surface area contributed by atoms with Crippen molar-refractivity contribution < 1.29 is 12.8 Å². The zero-order valence-electron chi connectivity index (χ0n) is 9.03. The molecular formula is C10H15FN2O2S. The molecule has 0 amide bonds. The molecule has 0 aromatic heterocycles. The number of anilines is 1. The zero-order valence-corrected chi connectivity index (χ0v) is 9.85. The van der Waals surface area contributed by atoms with Gasteiger partial charge in [-0.2, -0.15) is 0 Å². The Bertz CT molecular complexity index is 434. The number of para-hydroxylation sites is 1. The zero-order chi connectivity index (χ0) is 12.0. The molecule has 2 N–H and O–H groups in total. The quantitative estimate of drug-likeness (QED) is 0.741. The fourth-order valence-corrected chi connectivity index (χ4v) is 2.16. The van der Waals surface area contributed by atoms with E-state index in [1.807, 2.05) is 6.92 Å². The topological polar surface area (TPSA) is 58.2 Å². The van der Waals surface area contributed by atoms with Gasteiger partial charge in [0.2, 0.25) is 10.0 Å². The van der Waals surface area contributed by atoms with E-state index in [-0.39, 0.29) is 11.4 Å². The summed E-state index contributed by atoms with van der Waals surface area (Å²) in [7, 11) is -3.48. The summed E-state index contributed by atoms with van der Waals surface area (Å²) in [5.74, 6) is -0.649. The summed E-state index contributed by atoms with van der Waals surface area (Å²) in [6.07, 6.45) is 0. The van der Waals surface area contributed by atoms with E-state index in [4.69, 9.17) is 0 Å². The smallest absolute Gasteiger partial charge is 0.234 e. The minimum atomic E-state index is -3.48. The number of hydrogen-bond acceptors (Lipinski definition) is 3. The van der Waals surface area contributed by atoms with Crippen LogP contribution >= 0.6 is 0 Å². The monoisotopic (exact) mass is 246 g/mol. The summed E-state index contributed by atoms with van der Waals surface area (Å²) in [4.78, 5) is 0. The third-order valence-corrected chi connectivity index (χ3v) is 3.21. The van der Waals surface area contributed by atoms with E-state index in [2.05, 4.69) is 10.0 Å². The Morgan fingerprint density at radius 3 is 2.62 bits per heavy atom. The van der Waals surface area contributed by atoms with Crippen LogP contribution in [0.3, 0.4) is 0 Å². The molecule has 90 valence electrons. The van der Waals surface area contributed by atoms with Gasteiger partial charge in [0.25, 0.3) is 0 Å². The van der Waals surface area contributed by atoms with Crippen molar-refractivity contribution in [1.29, 1.82) is 0 Å². The van der Waals surface area contributed by atoms with Gasteiger partial charge in [-0.05, 0) is 18.7 Å². The van der Waals surface area contributed by atoms with E-state index in [0.29, 0.717) is 13.1 Å². The predicted octanol–water partition coefficient (Wildman–Crippen LogP) is 1.18. The van der Waals surface area contributed by atoms with E-state index >= 15 is 0 Å². The maximum absolute atomic E-state index is 13.2. The molecular weight excluding hydrogens is 231 g/mol. The third-order valence-electron chi connectivity index (χ3n) is 1.94. The minimum absolute atomic E-state index is 0.0148. The second-order valence-electron chi connectivity index (χ2n) is 3.25. The molecule has 1 aromatic rings. The van der Waals surface area contributed by atoms with E-state index in [1.54, 1.807) is 6.07 Å². The summed E-state index contributed by atoms with van der Waals surface area (Å²) < 4.78 is 38.4. The van der Waals surface area contributed by atoms with Gasteiger partial charge in [-0.3, -0.25) is 4.72 Å². The second-order valence-corrected chi connectivity index (χ2v) is 5.10. The average Bonchev–Trinajstić information content (AvgIpc) is 2.21. The average molecular weight is 246 g/mol. The van der Waals surface area contributed by atoms with Gasteiger partial charge in [-0.1, -0.05) is 19.1 Å². The van der Waals surface area contributed by atoms with Crippen molar-refractivity contribution in [3.63, 3.8) is 0 Å². The SMILES string of the molecule is CCNCCS(=O)(=O)Nc1ccccc1F. The van der Waals surface area contributed by atoms with Crippen LogP contribution in [-0.2, 0) is 10.0 Å². The molecule has 1 rings (SSSR count). The molecule has 0 aliphatic carbocycles. The van der Waals surface area contributed by atoms with Crippen LogP contribution in [0.15, 0.2) is 24.3 Å². The van der Waals surface area contributed by atoms with Crippen LogP contribution < -0.4 is 10.0 Å². The van der Waals surface area contributed by atoms with E-state index in [1.165, 1.54) is 18.2 Å². The van der Waals surface area contributed by atoms with Gasteiger partial charge in [0.1, 0.15) is 5.82 Å². The normalized spacial score (nSPS) is 11.4. The largest absolute Gasteiger partial charge is 0.316 e. The second kappa shape index (κ2) is 5.81. The first-order chi connectivity index (χ1) is 7.55. The van der Waals surface area contributed by atoms with E-state index in [9.17, 15) is 12.8 Å². The molecule has 1 aromatic carbocycles. The van der Waals surface area contributed by atoms with Gasteiger partial charge in [-0.25, -0.2) is 12.8 Å². The highest BCUT2D eigenvalue weighted by Crippen LogP contribution is 2.13. The van der Waals surface area contributed by atoms with Gasteiger partial charge in [0.05, 0.1) is 11.4 Å². The summed E-state index contributed by atoms with van der Waals surface area (Å²) in [5.41, 5.74) is -0.0148. The van der Waals surface area contributed by atoms with Crippen LogP contribution in [-0.4, -0.2) is 27.3 Å². The van der Waals surface area contributed by atoms with Crippen LogP contribution in [0.25, 0.3) is 0 Å². The molecule has 6 heteroatoms. The molecule has 0 bridgehead atoms. The molecule has 0 radical (unpaired) electrons. The van der Waals surface area contributed by atoms with Gasteiger partial charge in [-0.15, -0.1) is 0 Å². The molecule has 0 aliphatic heterocycles. The minimum Gasteiger partial charge on any atom is -0.316 e. The highest BCUT2D eigenvalue weighted by atomic mass is 32.2. The summed E-state index contributed by atoms with van der Waals surface area (Å²) in [6.45, 7) is 2.94. The fourth-order valence-electron chi connectivity index (χ4n) is 1.15. The first-order valence-corrected chi connectivity index (χ1v) is 6.66. The van der Waals surface area contributed by atoms with Gasteiger partial charge in [0, 0.05) is 6.54 Å². The number of nitrogens with one attached hydrogen (secondary N) is 2. The lowest BCUT2D eigenvalue weighted by Crippen LogP contribution is -2.26. The van der Waals surface area contributed by atoms with Crippen LogP contribution in [0.2, 0.25) is 0 Å². The highest BCUT2D eigenvalue weighted by Gasteiger charge is 2.11. The molecule has 4 nitrogen and oxygen atoms in total. The van der Waals surface area contributed by atoms with Crippen molar-refractivity contribution in [3.05, 3.63) is 30.1 Å². The molecule has 0 unspecified atom stereocenters. The first kappa shape index (κ1) is 12.9. The van der Waals surface area contributed by atoms with Crippen LogP contribution in [0.4, 0.5) is 10.1 Å². The molecule has 0 aliphatic rings. The van der Waals surface area contributed by atoms with Crippen molar-refractivity contribution in [2.24, 2.45) is 0 Å². The Morgan fingerprint density at radius 1 is 1.31 bits per heavy atom. The summed E-state index contributed by atoms with van der Waals surface area (Å²) >= 11 is 0. The van der Waals surface area contributed by atoms with Gasteiger partial charge < -0.3 is 5.32 Å². The summed E-state index contributed by atoms with van der Waals surface area (Å²) in [6, 6.07) is 5.68. The van der Waals surface area contributed by atoms with Gasteiger partial charge >= 0.3 is 0 Å². The Kier molecular flexibility index (Phi) is 4.70. The lowest BCUT2D eigenvalue weighted by molar-refractivity contribution is 0.594. The Labute approximate surface area is 94.9 Å².